The van der Waals surface area contributed by atoms with Gasteiger partial charge in [0.1, 0.15) is 0 Å². The third kappa shape index (κ3) is 5.76. The first kappa shape index (κ1) is 38.5. The van der Waals surface area contributed by atoms with Gasteiger partial charge in [-0.3, -0.25) is 10.1 Å². The lowest BCUT2D eigenvalue weighted by atomic mass is 9.67. The summed E-state index contributed by atoms with van der Waals surface area (Å²) in [7, 11) is 0. The highest BCUT2D eigenvalue weighted by molar-refractivity contribution is 6.11. The maximum atomic E-state index is 12.1. The minimum absolute atomic E-state index is 0.0429. The second kappa shape index (κ2) is 14.8. The molecule has 2 N–H and O–H groups in total. The molecule has 0 radical (unpaired) electrons. The van der Waals surface area contributed by atoms with Gasteiger partial charge in [0, 0.05) is 50.7 Å². The van der Waals surface area contributed by atoms with Crippen molar-refractivity contribution in [3.05, 3.63) is 263 Å². The second-order valence-corrected chi connectivity index (χ2v) is 17.5. The fraction of sp³-hybridized carbons (Fsp3) is 0.0164. The van der Waals surface area contributed by atoms with Gasteiger partial charge in [-0.25, -0.2) is 0 Å². The number of anilines is 1. The van der Waals surface area contributed by atoms with Crippen LogP contribution in [0.2, 0.25) is 0 Å². The van der Waals surface area contributed by atoms with Crippen molar-refractivity contribution in [1.29, 1.82) is 0 Å². The summed E-state index contributed by atoms with van der Waals surface area (Å²) in [6, 6.07) is 80.8. The highest BCUT2D eigenvalue weighted by atomic mass is 16.6. The van der Waals surface area contributed by atoms with Gasteiger partial charge in [0.2, 0.25) is 0 Å². The number of nitrogens with two attached hydrogens (primary N) is 1. The molecule has 0 saturated carbocycles. The number of aromatic nitrogens is 2. The molecule has 13 rings (SSSR count). The molecule has 0 aliphatic heterocycles. The van der Waals surface area contributed by atoms with E-state index in [0.29, 0.717) is 5.69 Å². The maximum Gasteiger partial charge on any atom is 0.269 e. The summed E-state index contributed by atoms with van der Waals surface area (Å²) in [6.45, 7) is 0. The summed E-state index contributed by atoms with van der Waals surface area (Å²) in [5.41, 5.74) is 23.7. The number of hydrogen-bond donors (Lipinski definition) is 1. The minimum Gasteiger partial charge on any atom is -0.399 e. The average Bonchev–Trinajstić information content (AvgIpc) is 4.00. The molecule has 0 bridgehead atoms. The number of nitrogen functional groups attached to an aromatic ring is 1. The lowest BCUT2D eigenvalue weighted by Crippen LogP contribution is -2.28. The Bertz CT molecular complexity index is 3740. The zero-order valence-electron chi connectivity index (χ0n) is 36.2. The standard InChI is InChI=1S/C61H40N4O2/c62-45-27-23-43(24-28-45)61(44-25-29-48(30-26-44)65(66)67)55-35-39(41-21-33-53-51-15-7-9-17-57(51)63(59(53)37-41)46-11-3-1-4-12-46)19-31-49(55)50-32-20-40(36-56(50)61)42-22-34-54-52-16-8-10-18-58(52)64(60(54)38-42)47-13-5-2-6-14-47/h1-38H,62H2. The summed E-state index contributed by atoms with van der Waals surface area (Å²) in [5, 5.41) is 16.9. The Hall–Kier alpha value is -9.00. The summed E-state index contributed by atoms with van der Waals surface area (Å²) in [6.07, 6.45) is 0. The monoisotopic (exact) mass is 860 g/mol. The molecule has 0 atom stereocenters. The minimum atomic E-state index is -0.869. The molecule has 1 aliphatic carbocycles. The number of nitro groups is 1. The normalized spacial score (nSPS) is 12.8. The van der Waals surface area contributed by atoms with Crippen LogP contribution in [0, 0.1) is 10.1 Å². The zero-order valence-corrected chi connectivity index (χ0v) is 36.2. The van der Waals surface area contributed by atoms with Crippen LogP contribution in [-0.4, -0.2) is 14.1 Å². The van der Waals surface area contributed by atoms with Crippen LogP contribution in [0.1, 0.15) is 22.3 Å². The van der Waals surface area contributed by atoms with Crippen LogP contribution >= 0.6 is 0 Å². The Labute approximate surface area is 386 Å². The van der Waals surface area contributed by atoms with Gasteiger partial charge in [-0.15, -0.1) is 0 Å². The van der Waals surface area contributed by atoms with Gasteiger partial charge in [0.15, 0.2) is 0 Å². The van der Waals surface area contributed by atoms with Gasteiger partial charge >= 0.3 is 0 Å². The number of fused-ring (bicyclic) bond motifs is 9. The Morgan fingerprint density at radius 2 is 0.776 bits per heavy atom. The average molecular weight is 861 g/mol. The van der Waals surface area contributed by atoms with Crippen LogP contribution in [0.3, 0.4) is 0 Å². The molecule has 12 aromatic rings. The van der Waals surface area contributed by atoms with Gasteiger partial charge in [-0.1, -0.05) is 146 Å². The predicted molar refractivity (Wildman–Crippen MR) is 274 cm³/mol. The van der Waals surface area contributed by atoms with Gasteiger partial charge in [-0.2, -0.15) is 0 Å². The molecule has 67 heavy (non-hydrogen) atoms. The molecule has 0 spiro atoms. The highest BCUT2D eigenvalue weighted by Gasteiger charge is 2.47. The van der Waals surface area contributed by atoms with E-state index < -0.39 is 5.41 Å². The van der Waals surface area contributed by atoms with E-state index in [4.69, 9.17) is 5.73 Å². The van der Waals surface area contributed by atoms with Gasteiger partial charge < -0.3 is 14.9 Å². The van der Waals surface area contributed by atoms with Crippen LogP contribution in [0.25, 0.3) is 88.4 Å². The quantitative estimate of drug-likeness (QED) is 0.0985. The number of nitro benzene ring substituents is 1. The molecule has 2 heterocycles. The molecule has 1 aliphatic rings. The van der Waals surface area contributed by atoms with E-state index in [-0.39, 0.29) is 10.6 Å². The molecule has 2 aromatic heterocycles. The molecular formula is C61H40N4O2. The summed E-state index contributed by atoms with van der Waals surface area (Å²) in [4.78, 5) is 11.8. The van der Waals surface area contributed by atoms with Crippen molar-refractivity contribution in [2.45, 2.75) is 5.41 Å². The SMILES string of the molecule is Nc1ccc(C2(c3ccc([N+](=O)[O-])cc3)c3cc(-c4ccc5c6ccccc6n(-c6ccccc6)c5c4)ccc3-c3ccc(-c4ccc5c6ccccc6n(-c6ccccc6)c5c4)cc32)cc1. The molecule has 6 nitrogen and oxygen atoms in total. The van der Waals surface area contributed by atoms with Crippen molar-refractivity contribution in [3.63, 3.8) is 0 Å². The van der Waals surface area contributed by atoms with Crippen molar-refractivity contribution >= 4 is 55.0 Å². The van der Waals surface area contributed by atoms with E-state index in [1.807, 2.05) is 24.3 Å². The molecule has 0 unspecified atom stereocenters. The molecule has 316 valence electrons. The Balaban J connectivity index is 1.05. The molecule has 0 saturated heterocycles. The van der Waals surface area contributed by atoms with Crippen LogP contribution in [0.15, 0.2) is 231 Å². The summed E-state index contributed by atoms with van der Waals surface area (Å²) >= 11 is 0. The largest absolute Gasteiger partial charge is 0.399 e. The van der Waals surface area contributed by atoms with E-state index in [9.17, 15) is 10.1 Å². The van der Waals surface area contributed by atoms with Crippen LogP contribution < -0.4 is 5.73 Å². The van der Waals surface area contributed by atoms with Crippen molar-refractivity contribution in [2.24, 2.45) is 0 Å². The Morgan fingerprint density at radius 3 is 1.24 bits per heavy atom. The Kier molecular flexibility index (Phi) is 8.48. The lowest BCUT2D eigenvalue weighted by Gasteiger charge is -2.34. The summed E-state index contributed by atoms with van der Waals surface area (Å²) < 4.78 is 4.70. The molecule has 0 amide bonds. The third-order valence-electron chi connectivity index (χ3n) is 14.0. The Morgan fingerprint density at radius 1 is 0.388 bits per heavy atom. The first-order chi connectivity index (χ1) is 33.0. The van der Waals surface area contributed by atoms with E-state index in [2.05, 4.69) is 203 Å². The van der Waals surface area contributed by atoms with Gasteiger partial charge in [-0.05, 0) is 128 Å². The van der Waals surface area contributed by atoms with E-state index in [1.165, 1.54) is 21.5 Å². The number of para-hydroxylation sites is 4. The molecule has 6 heteroatoms. The molecule has 0 fully saturated rings. The zero-order chi connectivity index (χ0) is 44.8. The maximum absolute atomic E-state index is 12.1. The number of nitrogens with zero attached hydrogens (tertiary/aromatic N) is 3. The van der Waals surface area contributed by atoms with Gasteiger partial charge in [0.25, 0.3) is 5.69 Å². The van der Waals surface area contributed by atoms with Crippen molar-refractivity contribution < 1.29 is 4.92 Å². The number of benzene rings is 10. The first-order valence-electron chi connectivity index (χ1n) is 22.5. The molecule has 10 aromatic carbocycles. The number of hydrogen-bond acceptors (Lipinski definition) is 3. The highest BCUT2D eigenvalue weighted by Crippen LogP contribution is 2.58. The second-order valence-electron chi connectivity index (χ2n) is 17.5. The third-order valence-corrected chi connectivity index (χ3v) is 14.0. The fourth-order valence-electron chi connectivity index (χ4n) is 11.0. The van der Waals surface area contributed by atoms with Gasteiger partial charge in [0.05, 0.1) is 32.4 Å². The summed E-state index contributed by atoms with van der Waals surface area (Å²) in [5.74, 6) is 0. The lowest BCUT2D eigenvalue weighted by molar-refractivity contribution is -0.384. The number of rotatable bonds is 7. The predicted octanol–water partition coefficient (Wildman–Crippen LogP) is 15.1. The van der Waals surface area contributed by atoms with Crippen molar-refractivity contribution in [1.82, 2.24) is 9.13 Å². The van der Waals surface area contributed by atoms with Crippen LogP contribution in [-0.2, 0) is 5.41 Å². The van der Waals surface area contributed by atoms with Crippen molar-refractivity contribution in [3.8, 4) is 44.8 Å². The van der Waals surface area contributed by atoms with Crippen LogP contribution in [0.5, 0.6) is 0 Å². The van der Waals surface area contributed by atoms with Crippen molar-refractivity contribution in [2.75, 3.05) is 5.73 Å². The fourth-order valence-corrected chi connectivity index (χ4v) is 11.0. The van der Waals surface area contributed by atoms with E-state index >= 15 is 0 Å². The first-order valence-corrected chi connectivity index (χ1v) is 22.5. The molecular weight excluding hydrogens is 821 g/mol. The van der Waals surface area contributed by atoms with E-state index in [1.54, 1.807) is 12.1 Å². The topological polar surface area (TPSA) is 79.0 Å². The number of non-ortho nitro benzene ring substituents is 1. The van der Waals surface area contributed by atoms with Crippen LogP contribution in [0.4, 0.5) is 11.4 Å². The van der Waals surface area contributed by atoms with E-state index in [0.717, 1.165) is 89.1 Å². The smallest absolute Gasteiger partial charge is 0.269 e.